The molecule has 1 fully saturated rings. The first-order valence-electron chi connectivity index (χ1n) is 11.5. The van der Waals surface area contributed by atoms with E-state index in [1.54, 1.807) is 0 Å². The van der Waals surface area contributed by atoms with Gasteiger partial charge in [0.05, 0.1) is 24.9 Å². The van der Waals surface area contributed by atoms with Crippen molar-refractivity contribution in [2.45, 2.75) is 129 Å². The molecule has 30 heavy (non-hydrogen) atoms. The van der Waals surface area contributed by atoms with Crippen molar-refractivity contribution >= 4 is 25.0 Å². The van der Waals surface area contributed by atoms with Crippen LogP contribution in [0.25, 0.3) is 0 Å². The second-order valence-corrected chi connectivity index (χ2v) is 27.0. The molecule has 1 rings (SSSR count). The Bertz CT molecular complexity index is 555. The van der Waals surface area contributed by atoms with E-state index in [1.165, 1.54) is 5.57 Å². The van der Waals surface area contributed by atoms with Gasteiger partial charge >= 0.3 is 0 Å². The quantitative estimate of drug-likeness (QED) is 0.329. The van der Waals surface area contributed by atoms with Gasteiger partial charge in [-0.25, -0.2) is 0 Å². The van der Waals surface area contributed by atoms with Crippen molar-refractivity contribution in [2.75, 3.05) is 6.61 Å². The number of hydrogen-bond acceptors (Lipinski definition) is 4. The SMILES string of the molecule is CC(C)(C)[Si](C)(C)OC1CC(=CCO)CC(O[Si](C)(C)C(C)(C)C)C1O[Si](C)(C)C. The fourth-order valence-electron chi connectivity index (χ4n) is 3.26. The van der Waals surface area contributed by atoms with Crippen LogP contribution in [0.1, 0.15) is 54.4 Å². The molecule has 0 amide bonds. The van der Waals surface area contributed by atoms with Crippen LogP contribution in [0, 0.1) is 0 Å². The molecule has 1 aliphatic carbocycles. The van der Waals surface area contributed by atoms with E-state index in [4.69, 9.17) is 13.3 Å². The van der Waals surface area contributed by atoms with Gasteiger partial charge in [-0.2, -0.15) is 0 Å². The van der Waals surface area contributed by atoms with Crippen molar-refractivity contribution in [3.8, 4) is 0 Å². The zero-order valence-electron chi connectivity index (χ0n) is 22.1. The molecular weight excluding hydrogens is 425 g/mol. The van der Waals surface area contributed by atoms with E-state index in [1.807, 2.05) is 6.08 Å². The van der Waals surface area contributed by atoms with E-state index in [0.717, 1.165) is 12.8 Å². The smallest absolute Gasteiger partial charge is 0.192 e. The zero-order valence-corrected chi connectivity index (χ0v) is 25.1. The van der Waals surface area contributed by atoms with Crippen LogP contribution in [0.3, 0.4) is 0 Å². The van der Waals surface area contributed by atoms with E-state index in [2.05, 4.69) is 87.4 Å². The molecular formula is C23H50O4Si3. The molecule has 0 heterocycles. The molecule has 0 radical (unpaired) electrons. The summed E-state index contributed by atoms with van der Waals surface area (Å²) in [5, 5.41) is 9.86. The van der Waals surface area contributed by atoms with Crippen LogP contribution in [0.5, 0.6) is 0 Å². The molecule has 7 heteroatoms. The molecule has 178 valence electrons. The molecule has 0 aliphatic heterocycles. The Morgan fingerprint density at radius 3 is 1.40 bits per heavy atom. The topological polar surface area (TPSA) is 47.9 Å². The summed E-state index contributed by atoms with van der Waals surface area (Å²) in [5.74, 6) is 0. The minimum absolute atomic E-state index is 0.0288. The van der Waals surface area contributed by atoms with Crippen LogP contribution in [-0.4, -0.2) is 55.0 Å². The summed E-state index contributed by atoms with van der Waals surface area (Å²) in [6.45, 7) is 29.8. The van der Waals surface area contributed by atoms with Gasteiger partial charge in [0.2, 0.25) is 0 Å². The molecule has 0 aromatic heterocycles. The Morgan fingerprint density at radius 1 is 0.767 bits per heavy atom. The molecule has 1 aliphatic rings. The maximum absolute atomic E-state index is 9.60. The summed E-state index contributed by atoms with van der Waals surface area (Å²) in [6, 6.07) is 0. The molecule has 0 aromatic carbocycles. The fraction of sp³-hybridized carbons (Fsp3) is 0.913. The lowest BCUT2D eigenvalue weighted by Crippen LogP contribution is -2.58. The number of rotatable bonds is 7. The molecule has 1 N–H and O–H groups in total. The summed E-state index contributed by atoms with van der Waals surface area (Å²) in [7, 11) is -5.78. The Kier molecular flexibility index (Phi) is 9.06. The van der Waals surface area contributed by atoms with Gasteiger partial charge in [-0.1, -0.05) is 53.2 Å². The summed E-state index contributed by atoms with van der Waals surface area (Å²) in [5.41, 5.74) is 1.24. The number of aliphatic hydroxyl groups is 1. The van der Waals surface area contributed by atoms with Crippen LogP contribution < -0.4 is 0 Å². The second-order valence-electron chi connectivity index (χ2n) is 13.0. The minimum Gasteiger partial charge on any atom is -0.411 e. The lowest BCUT2D eigenvalue weighted by molar-refractivity contribution is -0.0503. The van der Waals surface area contributed by atoms with Crippen LogP contribution in [0.15, 0.2) is 11.6 Å². The van der Waals surface area contributed by atoms with Gasteiger partial charge in [-0.15, -0.1) is 0 Å². The van der Waals surface area contributed by atoms with Crippen molar-refractivity contribution < 1.29 is 18.4 Å². The highest BCUT2D eigenvalue weighted by molar-refractivity contribution is 6.74. The monoisotopic (exact) mass is 474 g/mol. The third-order valence-electron chi connectivity index (χ3n) is 7.03. The Hall–Kier alpha value is 0.231. The summed E-state index contributed by atoms with van der Waals surface area (Å²) >= 11 is 0. The average Bonchev–Trinajstić information content (AvgIpc) is 2.47. The number of aliphatic hydroxyl groups excluding tert-OH is 1. The van der Waals surface area contributed by atoms with Crippen LogP contribution in [0.4, 0.5) is 0 Å². The van der Waals surface area contributed by atoms with Crippen molar-refractivity contribution in [1.29, 1.82) is 0 Å². The standard InChI is InChI=1S/C23H50O4Si3/c1-22(2,3)29(10,11)25-19-16-18(14-15-24)17-20(21(19)27-28(7,8)9)26-30(12,13)23(4,5)6/h14,19-21,24H,15-17H2,1-13H3. The molecule has 2 unspecified atom stereocenters. The summed E-state index contributed by atoms with van der Waals surface area (Å²) in [6.07, 6.45) is 3.47. The van der Waals surface area contributed by atoms with E-state index in [9.17, 15) is 5.11 Å². The largest absolute Gasteiger partial charge is 0.411 e. The Morgan fingerprint density at radius 2 is 1.13 bits per heavy atom. The van der Waals surface area contributed by atoms with Gasteiger partial charge in [-0.3, -0.25) is 0 Å². The van der Waals surface area contributed by atoms with Crippen LogP contribution in [0.2, 0.25) is 55.9 Å². The first kappa shape index (κ1) is 28.3. The fourth-order valence-corrected chi connectivity index (χ4v) is 7.03. The van der Waals surface area contributed by atoms with Gasteiger partial charge in [0.25, 0.3) is 0 Å². The summed E-state index contributed by atoms with van der Waals surface area (Å²) in [4.78, 5) is 0. The Balaban J connectivity index is 3.38. The predicted octanol–water partition coefficient (Wildman–Crippen LogP) is 6.70. The maximum atomic E-state index is 9.60. The van der Waals surface area contributed by atoms with E-state index in [-0.39, 0.29) is 35.0 Å². The third kappa shape index (κ3) is 7.67. The van der Waals surface area contributed by atoms with Crippen molar-refractivity contribution in [3.05, 3.63) is 11.6 Å². The molecule has 1 saturated carbocycles. The Labute approximate surface area is 190 Å². The van der Waals surface area contributed by atoms with Crippen LogP contribution in [-0.2, 0) is 13.3 Å². The first-order chi connectivity index (χ1) is 13.2. The molecule has 0 spiro atoms. The van der Waals surface area contributed by atoms with E-state index in [0.29, 0.717) is 0 Å². The second kappa shape index (κ2) is 9.61. The lowest BCUT2D eigenvalue weighted by atomic mass is 9.88. The highest BCUT2D eigenvalue weighted by Gasteiger charge is 2.48. The lowest BCUT2D eigenvalue weighted by Gasteiger charge is -2.49. The van der Waals surface area contributed by atoms with Gasteiger partial charge in [-0.05, 0) is 68.7 Å². The van der Waals surface area contributed by atoms with E-state index < -0.39 is 25.0 Å². The number of hydrogen-bond donors (Lipinski definition) is 1. The van der Waals surface area contributed by atoms with Crippen molar-refractivity contribution in [1.82, 2.24) is 0 Å². The highest BCUT2D eigenvalue weighted by Crippen LogP contribution is 2.44. The average molecular weight is 475 g/mol. The van der Waals surface area contributed by atoms with Crippen molar-refractivity contribution in [3.63, 3.8) is 0 Å². The van der Waals surface area contributed by atoms with Gasteiger partial charge in [0, 0.05) is 0 Å². The molecule has 2 atom stereocenters. The highest BCUT2D eigenvalue weighted by atomic mass is 28.4. The normalized spacial score (nSPS) is 24.9. The molecule has 0 aromatic rings. The zero-order chi connectivity index (χ0) is 23.8. The molecule has 4 nitrogen and oxygen atoms in total. The van der Waals surface area contributed by atoms with Crippen LogP contribution >= 0.6 is 0 Å². The minimum atomic E-state index is -1.99. The molecule has 0 bridgehead atoms. The summed E-state index contributed by atoms with van der Waals surface area (Å²) < 4.78 is 20.7. The molecule has 0 saturated heterocycles. The van der Waals surface area contributed by atoms with Gasteiger partial charge in [0.15, 0.2) is 25.0 Å². The predicted molar refractivity (Wildman–Crippen MR) is 137 cm³/mol. The van der Waals surface area contributed by atoms with Gasteiger partial charge in [0.1, 0.15) is 0 Å². The first-order valence-corrected chi connectivity index (χ1v) is 20.7. The third-order valence-corrected chi connectivity index (χ3v) is 17.0. The van der Waals surface area contributed by atoms with E-state index >= 15 is 0 Å². The van der Waals surface area contributed by atoms with Gasteiger partial charge < -0.3 is 18.4 Å². The van der Waals surface area contributed by atoms with Crippen molar-refractivity contribution in [2.24, 2.45) is 0 Å². The maximum Gasteiger partial charge on any atom is 0.192 e.